The molecule has 10 nitrogen and oxygen atoms in total. The fourth-order valence-electron chi connectivity index (χ4n) is 4.72. The average molecular weight is 572 g/mol. The molecule has 0 spiro atoms. The predicted octanol–water partition coefficient (Wildman–Crippen LogP) is 3.63. The molecule has 0 saturated heterocycles. The van der Waals surface area contributed by atoms with Crippen molar-refractivity contribution in [2.24, 2.45) is 10.3 Å². The van der Waals surface area contributed by atoms with E-state index in [-0.39, 0.29) is 28.8 Å². The molecule has 40 heavy (non-hydrogen) atoms. The van der Waals surface area contributed by atoms with Crippen molar-refractivity contribution in [1.29, 1.82) is 0 Å². The van der Waals surface area contributed by atoms with Crippen molar-refractivity contribution >= 4 is 55.5 Å². The van der Waals surface area contributed by atoms with E-state index in [1.165, 1.54) is 11.1 Å². The number of amidine groups is 1. The number of amides is 2. The molecule has 2 aromatic carbocycles. The van der Waals surface area contributed by atoms with E-state index in [4.69, 9.17) is 0 Å². The first kappa shape index (κ1) is 25.6. The lowest BCUT2D eigenvalue weighted by atomic mass is 9.88. The zero-order valence-corrected chi connectivity index (χ0v) is 22.4. The number of carbonyl (C=O) groups is 3. The molecular weight excluding hydrogens is 550 g/mol. The largest absolute Gasteiger partial charge is 0.348 e. The quantitative estimate of drug-likeness (QED) is 0.337. The molecule has 2 aliphatic heterocycles. The predicted molar refractivity (Wildman–Crippen MR) is 150 cm³/mol. The third kappa shape index (κ3) is 4.56. The van der Waals surface area contributed by atoms with Crippen molar-refractivity contribution in [2.75, 3.05) is 10.2 Å². The van der Waals surface area contributed by atoms with Crippen molar-refractivity contribution in [3.05, 3.63) is 107 Å². The van der Waals surface area contributed by atoms with E-state index < -0.39 is 33.5 Å². The van der Waals surface area contributed by atoms with E-state index in [0.717, 1.165) is 16.9 Å². The first-order valence-electron chi connectivity index (χ1n) is 12.2. The van der Waals surface area contributed by atoms with Gasteiger partial charge in [0.05, 0.1) is 17.8 Å². The average Bonchev–Trinajstić information content (AvgIpc) is 3.39. The van der Waals surface area contributed by atoms with E-state index in [1.54, 1.807) is 48.0 Å². The third-order valence-electron chi connectivity index (χ3n) is 6.59. The first-order chi connectivity index (χ1) is 19.3. The number of hydrogen-bond donors (Lipinski definition) is 2. The molecule has 2 aliphatic rings. The van der Waals surface area contributed by atoms with Crippen LogP contribution < -0.4 is 15.5 Å². The molecule has 0 fully saturated rings. The van der Waals surface area contributed by atoms with Crippen LogP contribution in [0.15, 0.2) is 93.8 Å². The lowest BCUT2D eigenvalue weighted by Crippen LogP contribution is -2.50. The van der Waals surface area contributed by atoms with Gasteiger partial charge in [-0.05, 0) is 35.2 Å². The highest BCUT2D eigenvalue weighted by Crippen LogP contribution is 2.39. The summed E-state index contributed by atoms with van der Waals surface area (Å²) < 4.78 is 30.7. The van der Waals surface area contributed by atoms with Crippen LogP contribution in [-0.4, -0.2) is 36.8 Å². The number of fused-ring (bicyclic) bond motifs is 2. The number of sulfonamides is 1. The molecule has 2 N–H and O–H groups in total. The van der Waals surface area contributed by atoms with E-state index in [1.807, 2.05) is 30.3 Å². The van der Waals surface area contributed by atoms with Crippen LogP contribution in [0.4, 0.5) is 10.7 Å². The second-order valence-corrected chi connectivity index (χ2v) is 11.6. The molecule has 0 aliphatic carbocycles. The number of rotatable bonds is 6. The van der Waals surface area contributed by atoms with Crippen molar-refractivity contribution in [2.45, 2.75) is 18.0 Å². The Bertz CT molecular complexity index is 1790. The number of pyridine rings is 1. The summed E-state index contributed by atoms with van der Waals surface area (Å²) in [6.07, 6.45) is 2.95. The van der Waals surface area contributed by atoms with Crippen molar-refractivity contribution in [3.8, 4) is 0 Å². The lowest BCUT2D eigenvalue weighted by Gasteiger charge is -2.34. The number of Topliss-reactive ketones (excluding diaryl/α,β-unsaturated/α-hetero) is 1. The zero-order valence-electron chi connectivity index (χ0n) is 20.8. The Balaban J connectivity index is 1.31. The Morgan fingerprint density at radius 2 is 1.80 bits per heavy atom. The first-order valence-corrected chi connectivity index (χ1v) is 14.5. The van der Waals surface area contributed by atoms with E-state index >= 15 is 0 Å². The minimum absolute atomic E-state index is 0.0646. The molecule has 2 amide bonds. The fourth-order valence-corrected chi connectivity index (χ4v) is 7.36. The summed E-state index contributed by atoms with van der Waals surface area (Å²) in [4.78, 5) is 45.1. The molecule has 0 bridgehead atoms. The second-order valence-electron chi connectivity index (χ2n) is 9.14. The number of hydrogen-bond acceptors (Lipinski definition) is 8. The summed E-state index contributed by atoms with van der Waals surface area (Å²) >= 11 is 1.09. The number of ketones is 1. The number of nitrogens with zero attached hydrogens (tertiary/aromatic N) is 3. The van der Waals surface area contributed by atoms with Crippen LogP contribution in [0.2, 0.25) is 0 Å². The monoisotopic (exact) mass is 571 g/mol. The smallest absolute Gasteiger partial charge is 0.287 e. The molecule has 4 heterocycles. The van der Waals surface area contributed by atoms with Crippen molar-refractivity contribution < 1.29 is 22.8 Å². The van der Waals surface area contributed by atoms with E-state index in [0.29, 0.717) is 22.4 Å². The maximum atomic E-state index is 13.8. The van der Waals surface area contributed by atoms with E-state index in [2.05, 4.69) is 20.0 Å². The number of carbonyl (C=O) groups excluding carboxylic acids is 3. The van der Waals surface area contributed by atoms with Gasteiger partial charge in [0.25, 0.3) is 15.9 Å². The standard InChI is InChI=1S/C28H21N5O5S2/c34-23-20-10-4-5-11-21(20)33(15-17-7-2-1-3-8-17)28(36)22(23)25-31-27-24(40(37,38)32-25)19(16-39-27)14-30-26(35)18-9-6-12-29-13-18/h1-13,16,22H,14-15H2,(H,30,35)(H,31,32). The Morgan fingerprint density at radius 1 is 1.02 bits per heavy atom. The Morgan fingerprint density at radius 3 is 2.58 bits per heavy atom. The highest BCUT2D eigenvalue weighted by molar-refractivity contribution is 7.90. The highest BCUT2D eigenvalue weighted by atomic mass is 32.2. The summed E-state index contributed by atoms with van der Waals surface area (Å²) in [5, 5.41) is 7.45. The highest BCUT2D eigenvalue weighted by Gasteiger charge is 2.45. The number of nitrogens with one attached hydrogen (secondary N) is 2. The number of anilines is 2. The molecule has 12 heteroatoms. The Labute approximate surface area is 233 Å². The molecule has 0 saturated carbocycles. The Hall–Kier alpha value is -4.68. The molecule has 4 aromatic rings. The molecule has 1 unspecified atom stereocenters. The topological polar surface area (TPSA) is 138 Å². The van der Waals surface area contributed by atoms with E-state index in [9.17, 15) is 22.8 Å². The van der Waals surface area contributed by atoms with Gasteiger partial charge in [0.1, 0.15) is 15.7 Å². The fraction of sp³-hybridized carbons (Fsp3) is 0.107. The molecule has 2 aromatic heterocycles. The summed E-state index contributed by atoms with van der Waals surface area (Å²) in [6, 6.07) is 19.3. The number of aromatic nitrogens is 1. The summed E-state index contributed by atoms with van der Waals surface area (Å²) in [5.74, 6) is -3.22. The van der Waals surface area contributed by atoms with Crippen LogP contribution in [0.3, 0.4) is 0 Å². The maximum Gasteiger partial charge on any atom is 0.287 e. The van der Waals surface area contributed by atoms with Crippen LogP contribution >= 0.6 is 11.3 Å². The van der Waals surface area contributed by atoms with Crippen LogP contribution in [0.5, 0.6) is 0 Å². The summed E-state index contributed by atoms with van der Waals surface area (Å²) in [5.41, 5.74) is 2.29. The summed E-state index contributed by atoms with van der Waals surface area (Å²) in [7, 11) is -4.29. The Kier molecular flexibility index (Phi) is 6.48. The van der Waals surface area contributed by atoms with Gasteiger partial charge >= 0.3 is 0 Å². The molecule has 0 radical (unpaired) electrons. The van der Waals surface area contributed by atoms with Crippen molar-refractivity contribution in [3.63, 3.8) is 0 Å². The molecule has 6 rings (SSSR count). The van der Waals surface area contributed by atoms with Gasteiger partial charge in [0, 0.05) is 30.1 Å². The van der Waals surface area contributed by atoms with Gasteiger partial charge in [-0.2, -0.15) is 8.42 Å². The van der Waals surface area contributed by atoms with Gasteiger partial charge < -0.3 is 15.5 Å². The van der Waals surface area contributed by atoms with Crippen LogP contribution in [-0.2, 0) is 27.9 Å². The zero-order chi connectivity index (χ0) is 27.9. The van der Waals surface area contributed by atoms with Gasteiger partial charge in [-0.3, -0.25) is 19.4 Å². The third-order valence-corrected chi connectivity index (χ3v) is 9.08. The van der Waals surface area contributed by atoms with Crippen LogP contribution in [0.1, 0.15) is 31.8 Å². The SMILES string of the molecule is O=C(NCc1csc2c1S(=O)(=O)N=C(C1C(=O)c3ccccc3N(Cc3ccccc3)C1=O)N2)c1cccnc1. The molecular formula is C28H21N5O5S2. The minimum atomic E-state index is -4.29. The van der Waals surface area contributed by atoms with Gasteiger partial charge in [0.15, 0.2) is 11.7 Å². The minimum Gasteiger partial charge on any atom is -0.348 e. The normalized spacial score (nSPS) is 17.4. The van der Waals surface area contributed by atoms with Crippen LogP contribution in [0.25, 0.3) is 0 Å². The number of thiophene rings is 1. The van der Waals surface area contributed by atoms with Crippen LogP contribution in [0, 0.1) is 5.92 Å². The maximum absolute atomic E-state index is 13.8. The van der Waals surface area contributed by atoms with Gasteiger partial charge in [-0.1, -0.05) is 42.5 Å². The molecule has 1 atom stereocenters. The lowest BCUT2D eigenvalue weighted by molar-refractivity contribution is -0.119. The van der Waals surface area contributed by atoms with Gasteiger partial charge in [0.2, 0.25) is 5.91 Å². The molecule has 200 valence electrons. The number of para-hydroxylation sites is 1. The van der Waals surface area contributed by atoms with Gasteiger partial charge in [-0.25, -0.2) is 0 Å². The second kappa shape index (κ2) is 10.1. The summed E-state index contributed by atoms with van der Waals surface area (Å²) in [6.45, 7) is 0.135. The van der Waals surface area contributed by atoms with Crippen molar-refractivity contribution in [1.82, 2.24) is 10.3 Å². The van der Waals surface area contributed by atoms with Gasteiger partial charge in [-0.15, -0.1) is 15.7 Å². The number of benzene rings is 2.